The Morgan fingerprint density at radius 2 is 2.17 bits per heavy atom. The third-order valence-corrected chi connectivity index (χ3v) is 5.66. The summed E-state index contributed by atoms with van der Waals surface area (Å²) in [5.41, 5.74) is 3.04. The average Bonchev–Trinajstić information content (AvgIpc) is 3.21. The maximum atomic E-state index is 5.93. The van der Waals surface area contributed by atoms with E-state index in [9.17, 15) is 0 Å². The predicted octanol–water partition coefficient (Wildman–Crippen LogP) is 2.59. The monoisotopic (exact) mass is 313 g/mol. The van der Waals surface area contributed by atoms with Gasteiger partial charge >= 0.3 is 0 Å². The van der Waals surface area contributed by atoms with E-state index >= 15 is 0 Å². The molecule has 1 aliphatic carbocycles. The molecule has 0 saturated carbocycles. The van der Waals surface area contributed by atoms with Crippen LogP contribution in [0.25, 0.3) is 0 Å². The van der Waals surface area contributed by atoms with Crippen molar-refractivity contribution in [3.63, 3.8) is 0 Å². The van der Waals surface area contributed by atoms with Gasteiger partial charge in [0, 0.05) is 19.5 Å². The molecule has 0 aromatic heterocycles. The third-order valence-electron chi connectivity index (χ3n) is 5.66. The molecule has 0 radical (unpaired) electrons. The largest absolute Gasteiger partial charge is 0.373 e. The molecule has 4 rings (SSSR count). The van der Waals surface area contributed by atoms with Crippen LogP contribution in [0.1, 0.15) is 49.1 Å². The highest BCUT2D eigenvalue weighted by Crippen LogP contribution is 2.34. The first-order valence-electron chi connectivity index (χ1n) is 9.04. The number of rotatable bonds is 3. The number of guanidine groups is 1. The molecule has 0 amide bonds. The summed E-state index contributed by atoms with van der Waals surface area (Å²) in [5.74, 6) is 1.52. The zero-order chi connectivity index (χ0) is 15.6. The molecule has 2 N–H and O–H groups in total. The molecule has 4 atom stereocenters. The molecule has 4 heteroatoms. The molecule has 2 saturated heterocycles. The molecule has 2 aliphatic heterocycles. The van der Waals surface area contributed by atoms with Crippen LogP contribution in [-0.4, -0.2) is 37.8 Å². The van der Waals surface area contributed by atoms with E-state index in [1.807, 2.05) is 7.05 Å². The summed E-state index contributed by atoms with van der Waals surface area (Å²) in [4.78, 5) is 4.41. The van der Waals surface area contributed by atoms with Crippen LogP contribution in [0.5, 0.6) is 0 Å². The molecule has 3 aliphatic rings. The van der Waals surface area contributed by atoms with E-state index in [1.54, 1.807) is 0 Å². The number of ether oxygens (including phenoxy) is 1. The average molecular weight is 313 g/mol. The van der Waals surface area contributed by atoms with Crippen LogP contribution < -0.4 is 10.6 Å². The lowest BCUT2D eigenvalue weighted by Gasteiger charge is -2.28. The van der Waals surface area contributed by atoms with Crippen LogP contribution in [0.15, 0.2) is 29.3 Å². The fourth-order valence-electron chi connectivity index (χ4n) is 4.45. The number of fused-ring (bicyclic) bond motifs is 3. The fraction of sp³-hybridized carbons (Fsp3) is 0.632. The lowest BCUT2D eigenvalue weighted by atomic mass is 9.83. The topological polar surface area (TPSA) is 45.7 Å². The summed E-state index contributed by atoms with van der Waals surface area (Å²) < 4.78 is 5.93. The fourth-order valence-corrected chi connectivity index (χ4v) is 4.45. The summed E-state index contributed by atoms with van der Waals surface area (Å²) in [7, 11) is 1.86. The van der Waals surface area contributed by atoms with Crippen molar-refractivity contribution in [2.75, 3.05) is 13.6 Å². The number of nitrogens with zero attached hydrogens (tertiary/aromatic N) is 1. The van der Waals surface area contributed by atoms with E-state index < -0.39 is 0 Å². The van der Waals surface area contributed by atoms with E-state index in [1.165, 1.54) is 43.2 Å². The Hall–Kier alpha value is -1.55. The number of benzene rings is 1. The minimum Gasteiger partial charge on any atom is -0.373 e. The second kappa shape index (κ2) is 6.52. The normalized spacial score (nSPS) is 32.7. The Morgan fingerprint density at radius 1 is 1.26 bits per heavy atom. The summed E-state index contributed by atoms with van der Waals surface area (Å²) in [5, 5.41) is 7.12. The number of aryl methyl sites for hydroxylation is 1. The van der Waals surface area contributed by atoms with Crippen molar-refractivity contribution in [1.29, 1.82) is 0 Å². The minimum atomic E-state index is 0.383. The van der Waals surface area contributed by atoms with Gasteiger partial charge in [0.15, 0.2) is 5.96 Å². The van der Waals surface area contributed by atoms with Crippen molar-refractivity contribution in [2.45, 2.75) is 62.7 Å². The molecule has 4 nitrogen and oxygen atoms in total. The van der Waals surface area contributed by atoms with Crippen molar-refractivity contribution in [1.82, 2.24) is 10.6 Å². The first-order valence-corrected chi connectivity index (χ1v) is 9.04. The van der Waals surface area contributed by atoms with Crippen LogP contribution in [0.2, 0.25) is 0 Å². The van der Waals surface area contributed by atoms with Crippen molar-refractivity contribution in [3.8, 4) is 0 Å². The zero-order valence-corrected chi connectivity index (χ0v) is 13.9. The van der Waals surface area contributed by atoms with Crippen LogP contribution >= 0.6 is 0 Å². The van der Waals surface area contributed by atoms with Gasteiger partial charge in [-0.2, -0.15) is 0 Å². The highest BCUT2D eigenvalue weighted by atomic mass is 16.5. The number of hydrogen-bond donors (Lipinski definition) is 2. The lowest BCUT2D eigenvalue weighted by Crippen LogP contribution is -2.48. The van der Waals surface area contributed by atoms with E-state index in [0.717, 1.165) is 18.9 Å². The molecule has 1 aromatic carbocycles. The quantitative estimate of drug-likeness (QED) is 0.666. The van der Waals surface area contributed by atoms with Crippen LogP contribution in [-0.2, 0) is 11.2 Å². The highest BCUT2D eigenvalue weighted by molar-refractivity contribution is 5.80. The molecule has 1 aromatic rings. The Balaban J connectivity index is 1.35. The van der Waals surface area contributed by atoms with Crippen molar-refractivity contribution in [2.24, 2.45) is 4.99 Å². The number of hydrogen-bond acceptors (Lipinski definition) is 2. The Morgan fingerprint density at radius 3 is 2.96 bits per heavy atom. The molecule has 2 fully saturated rings. The van der Waals surface area contributed by atoms with E-state index in [2.05, 4.69) is 39.9 Å². The summed E-state index contributed by atoms with van der Waals surface area (Å²) >= 11 is 0. The van der Waals surface area contributed by atoms with Gasteiger partial charge in [0.25, 0.3) is 0 Å². The van der Waals surface area contributed by atoms with Gasteiger partial charge in [-0.15, -0.1) is 0 Å². The van der Waals surface area contributed by atoms with Gasteiger partial charge in [0.1, 0.15) is 0 Å². The molecule has 124 valence electrons. The van der Waals surface area contributed by atoms with Gasteiger partial charge < -0.3 is 15.4 Å². The highest BCUT2D eigenvalue weighted by Gasteiger charge is 2.41. The second-order valence-corrected chi connectivity index (χ2v) is 7.10. The van der Waals surface area contributed by atoms with Crippen molar-refractivity contribution in [3.05, 3.63) is 35.4 Å². The minimum absolute atomic E-state index is 0.383. The summed E-state index contributed by atoms with van der Waals surface area (Å²) in [6.45, 7) is 0.957. The van der Waals surface area contributed by atoms with Gasteiger partial charge in [0.05, 0.1) is 18.2 Å². The van der Waals surface area contributed by atoms with E-state index in [0.29, 0.717) is 24.2 Å². The SMILES string of the molecule is CN=C(NCC1CCCc2ccccc21)NC1CC2CCC1O2. The molecule has 2 heterocycles. The molecular formula is C19H27N3O. The van der Waals surface area contributed by atoms with Crippen molar-refractivity contribution >= 4 is 5.96 Å². The second-order valence-electron chi connectivity index (χ2n) is 7.10. The zero-order valence-electron chi connectivity index (χ0n) is 13.9. The van der Waals surface area contributed by atoms with Crippen LogP contribution in [0.4, 0.5) is 0 Å². The Bertz CT molecular complexity index is 586. The summed E-state index contributed by atoms with van der Waals surface area (Å²) in [6.07, 6.45) is 8.17. The lowest BCUT2D eigenvalue weighted by molar-refractivity contribution is 0.0992. The van der Waals surface area contributed by atoms with E-state index in [4.69, 9.17) is 4.74 Å². The standard InChI is InChI=1S/C19H27N3O/c1-20-19(22-17-11-15-9-10-18(17)23-15)21-12-14-7-4-6-13-5-2-3-8-16(13)14/h2-3,5,8,14-15,17-18H,4,6-7,9-12H2,1H3,(H2,20,21,22). The van der Waals surface area contributed by atoms with Gasteiger partial charge in [0.2, 0.25) is 0 Å². The Kier molecular flexibility index (Phi) is 4.25. The summed E-state index contributed by atoms with van der Waals surface area (Å²) in [6, 6.07) is 9.32. The smallest absolute Gasteiger partial charge is 0.191 e. The third kappa shape index (κ3) is 3.09. The maximum absolute atomic E-state index is 5.93. The first kappa shape index (κ1) is 15.0. The molecule has 4 unspecified atom stereocenters. The van der Waals surface area contributed by atoms with Gasteiger partial charge in [-0.1, -0.05) is 24.3 Å². The molecule has 2 bridgehead atoms. The van der Waals surface area contributed by atoms with Gasteiger partial charge in [-0.05, 0) is 49.7 Å². The van der Waals surface area contributed by atoms with Crippen LogP contribution in [0.3, 0.4) is 0 Å². The predicted molar refractivity (Wildman–Crippen MR) is 92.9 cm³/mol. The van der Waals surface area contributed by atoms with Crippen LogP contribution in [0, 0.1) is 0 Å². The van der Waals surface area contributed by atoms with Crippen molar-refractivity contribution < 1.29 is 4.74 Å². The number of aliphatic imine (C=N–C) groups is 1. The maximum Gasteiger partial charge on any atom is 0.191 e. The van der Waals surface area contributed by atoms with Gasteiger partial charge in [-0.3, -0.25) is 4.99 Å². The molecule has 0 spiro atoms. The molecule has 23 heavy (non-hydrogen) atoms. The Labute approximate surface area is 138 Å². The number of nitrogens with one attached hydrogen (secondary N) is 2. The van der Waals surface area contributed by atoms with E-state index in [-0.39, 0.29) is 0 Å². The first-order chi connectivity index (χ1) is 11.3. The molecular weight excluding hydrogens is 286 g/mol. The van der Waals surface area contributed by atoms with Gasteiger partial charge in [-0.25, -0.2) is 0 Å².